The van der Waals surface area contributed by atoms with Crippen LogP contribution >= 0.6 is 0 Å². The van der Waals surface area contributed by atoms with E-state index in [9.17, 15) is 14.9 Å². The molecule has 1 N–H and O–H groups in total. The van der Waals surface area contributed by atoms with E-state index in [1.807, 2.05) is 12.1 Å². The third-order valence-corrected chi connectivity index (χ3v) is 4.79. The number of para-hydroxylation sites is 2. The van der Waals surface area contributed by atoms with Gasteiger partial charge in [-0.25, -0.2) is 0 Å². The molecule has 0 aromatic heterocycles. The molecule has 3 rings (SSSR count). The molecule has 0 bridgehead atoms. The zero-order valence-corrected chi connectivity index (χ0v) is 15.8. The van der Waals surface area contributed by atoms with Gasteiger partial charge in [-0.3, -0.25) is 19.8 Å². The molecular weight excluding hydrogens is 358 g/mol. The average molecular weight is 383 g/mol. The van der Waals surface area contributed by atoms with Crippen LogP contribution in [0.4, 0.5) is 5.69 Å². The van der Waals surface area contributed by atoms with E-state index in [-0.39, 0.29) is 24.0 Å². The number of ether oxygens (including phenoxy) is 1. The summed E-state index contributed by atoms with van der Waals surface area (Å²) in [7, 11) is 0. The minimum absolute atomic E-state index is 0.0877. The van der Waals surface area contributed by atoms with Gasteiger partial charge in [0.25, 0.3) is 5.91 Å². The lowest BCUT2D eigenvalue weighted by atomic mass is 10.1. The molecule has 0 unspecified atom stereocenters. The fourth-order valence-electron chi connectivity index (χ4n) is 3.26. The number of carbonyl (C=O) groups excluding carboxylic acids is 1. The zero-order chi connectivity index (χ0) is 19.8. The molecule has 1 aliphatic heterocycles. The molecule has 0 saturated carbocycles. The first-order valence-corrected chi connectivity index (χ1v) is 9.55. The van der Waals surface area contributed by atoms with Gasteiger partial charge in [0.2, 0.25) is 0 Å². The molecule has 1 aliphatic rings. The van der Waals surface area contributed by atoms with Gasteiger partial charge in [0.05, 0.1) is 4.92 Å². The summed E-state index contributed by atoms with van der Waals surface area (Å²) in [5.41, 5.74) is 2.12. The summed E-state index contributed by atoms with van der Waals surface area (Å²) in [6.07, 6.45) is 3.88. The van der Waals surface area contributed by atoms with E-state index in [2.05, 4.69) is 22.3 Å². The van der Waals surface area contributed by atoms with Crippen molar-refractivity contribution >= 4 is 11.6 Å². The van der Waals surface area contributed by atoms with Gasteiger partial charge in [-0.2, -0.15) is 0 Å². The van der Waals surface area contributed by atoms with Crippen molar-refractivity contribution in [3.63, 3.8) is 0 Å². The maximum Gasteiger partial charge on any atom is 0.310 e. The van der Waals surface area contributed by atoms with Gasteiger partial charge in [-0.15, -0.1) is 0 Å². The number of rotatable bonds is 8. The van der Waals surface area contributed by atoms with Crippen molar-refractivity contribution in [1.82, 2.24) is 10.2 Å². The van der Waals surface area contributed by atoms with Crippen LogP contribution in [0.15, 0.2) is 48.5 Å². The smallest absolute Gasteiger partial charge is 0.310 e. The molecule has 1 amide bonds. The molecule has 7 heteroatoms. The van der Waals surface area contributed by atoms with E-state index < -0.39 is 4.92 Å². The Kier molecular flexibility index (Phi) is 6.97. The Morgan fingerprint density at radius 1 is 1.04 bits per heavy atom. The Hall–Kier alpha value is -2.93. The molecule has 1 fully saturated rings. The van der Waals surface area contributed by atoms with Crippen LogP contribution in [0.5, 0.6) is 5.75 Å². The highest BCUT2D eigenvalue weighted by molar-refractivity contribution is 5.77. The minimum atomic E-state index is -0.529. The van der Waals surface area contributed by atoms with Gasteiger partial charge in [0, 0.05) is 19.2 Å². The lowest BCUT2D eigenvalue weighted by molar-refractivity contribution is -0.385. The second-order valence-electron chi connectivity index (χ2n) is 6.94. The van der Waals surface area contributed by atoms with Crippen LogP contribution in [0.25, 0.3) is 0 Å². The number of amides is 1. The maximum atomic E-state index is 12.0. The summed E-state index contributed by atoms with van der Waals surface area (Å²) in [5, 5.41) is 13.7. The van der Waals surface area contributed by atoms with E-state index >= 15 is 0 Å². The maximum absolute atomic E-state index is 12.0. The van der Waals surface area contributed by atoms with E-state index in [0.717, 1.165) is 25.2 Å². The van der Waals surface area contributed by atoms with E-state index in [0.29, 0.717) is 6.54 Å². The highest BCUT2D eigenvalue weighted by Gasteiger charge is 2.15. The first-order chi connectivity index (χ1) is 13.6. The molecular formula is C21H25N3O4. The summed E-state index contributed by atoms with van der Waals surface area (Å²) < 4.78 is 5.29. The van der Waals surface area contributed by atoms with E-state index in [4.69, 9.17) is 4.74 Å². The number of likely N-dealkylation sites (tertiary alicyclic amines) is 1. The Bertz CT molecular complexity index is 802. The summed E-state index contributed by atoms with van der Waals surface area (Å²) in [6.45, 7) is 3.42. The summed E-state index contributed by atoms with van der Waals surface area (Å²) in [5.74, 6) is -0.236. The Labute approximate surface area is 164 Å². The standard InChI is InChI=1S/C21H25N3O4/c25-21(16-28-20-7-3-2-6-19(20)24(26)27)22-14-17-8-10-18(11-9-17)15-23-12-4-1-5-13-23/h2-3,6-11H,1,4-5,12-16H2,(H,22,25). The van der Waals surface area contributed by atoms with Crippen LogP contribution in [0.1, 0.15) is 30.4 Å². The van der Waals surface area contributed by atoms with Crippen molar-refractivity contribution in [3.8, 4) is 5.75 Å². The van der Waals surface area contributed by atoms with Crippen molar-refractivity contribution in [2.24, 2.45) is 0 Å². The van der Waals surface area contributed by atoms with Gasteiger partial charge in [0.15, 0.2) is 12.4 Å². The van der Waals surface area contributed by atoms with Crippen LogP contribution in [0.2, 0.25) is 0 Å². The van der Waals surface area contributed by atoms with Gasteiger partial charge in [-0.1, -0.05) is 42.8 Å². The van der Waals surface area contributed by atoms with Crippen LogP contribution in [-0.4, -0.2) is 35.4 Å². The Morgan fingerprint density at radius 2 is 1.71 bits per heavy atom. The molecule has 0 radical (unpaired) electrons. The number of benzene rings is 2. The number of nitrogens with one attached hydrogen (secondary N) is 1. The molecule has 2 aromatic rings. The van der Waals surface area contributed by atoms with Crippen molar-refractivity contribution < 1.29 is 14.5 Å². The molecule has 0 atom stereocenters. The molecule has 1 heterocycles. The number of nitro groups is 1. The Morgan fingerprint density at radius 3 is 2.43 bits per heavy atom. The third-order valence-electron chi connectivity index (χ3n) is 4.79. The monoisotopic (exact) mass is 383 g/mol. The molecule has 28 heavy (non-hydrogen) atoms. The van der Waals surface area contributed by atoms with E-state index in [1.54, 1.807) is 12.1 Å². The zero-order valence-electron chi connectivity index (χ0n) is 15.8. The van der Waals surface area contributed by atoms with Crippen molar-refractivity contribution in [3.05, 3.63) is 69.8 Å². The highest BCUT2D eigenvalue weighted by Crippen LogP contribution is 2.25. The highest BCUT2D eigenvalue weighted by atomic mass is 16.6. The minimum Gasteiger partial charge on any atom is -0.477 e. The predicted molar refractivity (Wildman–Crippen MR) is 106 cm³/mol. The predicted octanol–water partition coefficient (Wildman–Crippen LogP) is 3.28. The van der Waals surface area contributed by atoms with Crippen LogP contribution in [0, 0.1) is 10.1 Å². The van der Waals surface area contributed by atoms with Crippen molar-refractivity contribution in [2.45, 2.75) is 32.4 Å². The van der Waals surface area contributed by atoms with Gasteiger partial charge < -0.3 is 10.1 Å². The number of nitrogens with zero attached hydrogens (tertiary/aromatic N) is 2. The average Bonchev–Trinajstić information content (AvgIpc) is 2.72. The summed E-state index contributed by atoms with van der Waals surface area (Å²) >= 11 is 0. The van der Waals surface area contributed by atoms with Crippen LogP contribution < -0.4 is 10.1 Å². The van der Waals surface area contributed by atoms with Crippen molar-refractivity contribution in [1.29, 1.82) is 0 Å². The number of piperidine rings is 1. The lowest BCUT2D eigenvalue weighted by Crippen LogP contribution is -2.29. The number of nitro benzene ring substituents is 1. The quantitative estimate of drug-likeness (QED) is 0.559. The largest absolute Gasteiger partial charge is 0.477 e. The summed E-state index contributed by atoms with van der Waals surface area (Å²) in [4.78, 5) is 24.9. The second-order valence-corrected chi connectivity index (χ2v) is 6.94. The topological polar surface area (TPSA) is 84.7 Å². The van der Waals surface area contributed by atoms with Crippen LogP contribution in [0.3, 0.4) is 0 Å². The molecule has 0 spiro atoms. The first-order valence-electron chi connectivity index (χ1n) is 9.55. The molecule has 7 nitrogen and oxygen atoms in total. The molecule has 2 aromatic carbocycles. The first kappa shape index (κ1) is 19.8. The van der Waals surface area contributed by atoms with Crippen LogP contribution in [-0.2, 0) is 17.9 Å². The molecule has 1 saturated heterocycles. The van der Waals surface area contributed by atoms with Gasteiger partial charge >= 0.3 is 5.69 Å². The lowest BCUT2D eigenvalue weighted by Gasteiger charge is -2.26. The second kappa shape index (κ2) is 9.85. The normalized spacial score (nSPS) is 14.4. The fourth-order valence-corrected chi connectivity index (χ4v) is 3.26. The molecule has 0 aliphatic carbocycles. The summed E-state index contributed by atoms with van der Waals surface area (Å²) in [6, 6.07) is 14.2. The van der Waals surface area contributed by atoms with Gasteiger partial charge in [0.1, 0.15) is 0 Å². The number of hydrogen-bond donors (Lipinski definition) is 1. The molecule has 148 valence electrons. The van der Waals surface area contributed by atoms with Crippen molar-refractivity contribution in [2.75, 3.05) is 19.7 Å². The fraction of sp³-hybridized carbons (Fsp3) is 0.381. The number of carbonyl (C=O) groups is 1. The van der Waals surface area contributed by atoms with E-state index in [1.165, 1.54) is 37.0 Å². The third kappa shape index (κ3) is 5.79. The SMILES string of the molecule is O=C(COc1ccccc1[N+](=O)[O-])NCc1ccc(CN2CCCCC2)cc1. The van der Waals surface area contributed by atoms with Gasteiger partial charge in [-0.05, 0) is 43.1 Å². The Balaban J connectivity index is 1.43. The number of hydrogen-bond acceptors (Lipinski definition) is 5.